The van der Waals surface area contributed by atoms with E-state index in [2.05, 4.69) is 25.3 Å². The summed E-state index contributed by atoms with van der Waals surface area (Å²) in [5.74, 6) is 7.34. The first-order chi connectivity index (χ1) is 9.60. The van der Waals surface area contributed by atoms with E-state index in [9.17, 15) is 0 Å². The number of benzene rings is 1. The summed E-state index contributed by atoms with van der Waals surface area (Å²) in [6, 6.07) is 7.77. The summed E-state index contributed by atoms with van der Waals surface area (Å²) < 4.78 is 10.7. The fraction of sp³-hybridized carbons (Fsp3) is 0.333. The number of ether oxygens (including phenoxy) is 2. The van der Waals surface area contributed by atoms with Gasteiger partial charge in [-0.25, -0.2) is 5.43 Å². The molecule has 0 spiro atoms. The molecule has 3 N–H and O–H groups in total. The Morgan fingerprint density at radius 2 is 1.90 bits per heavy atom. The van der Waals surface area contributed by atoms with Gasteiger partial charge < -0.3 is 9.47 Å². The first-order valence-electron chi connectivity index (χ1n) is 6.35. The van der Waals surface area contributed by atoms with E-state index < -0.39 is 0 Å². The highest BCUT2D eigenvalue weighted by molar-refractivity contribution is 7.12. The van der Waals surface area contributed by atoms with Crippen molar-refractivity contribution in [3.05, 3.63) is 45.1 Å². The van der Waals surface area contributed by atoms with Gasteiger partial charge in [0.05, 0.1) is 20.3 Å². The normalized spacial score (nSPS) is 12.2. The van der Waals surface area contributed by atoms with E-state index in [1.54, 1.807) is 25.6 Å². The predicted molar refractivity (Wildman–Crippen MR) is 82.5 cm³/mol. The van der Waals surface area contributed by atoms with E-state index in [1.165, 1.54) is 10.4 Å². The van der Waals surface area contributed by atoms with Crippen LogP contribution in [0.2, 0.25) is 0 Å². The maximum atomic E-state index is 5.77. The predicted octanol–water partition coefficient (Wildman–Crippen LogP) is 2.93. The zero-order valence-corrected chi connectivity index (χ0v) is 13.0. The lowest BCUT2D eigenvalue weighted by Gasteiger charge is -2.18. The molecule has 0 bridgehead atoms. The molecule has 108 valence electrons. The third-order valence-corrected chi connectivity index (χ3v) is 4.60. The van der Waals surface area contributed by atoms with Gasteiger partial charge in [0.15, 0.2) is 0 Å². The molecular weight excluding hydrogens is 272 g/mol. The van der Waals surface area contributed by atoms with E-state index in [1.807, 2.05) is 18.2 Å². The van der Waals surface area contributed by atoms with Crippen LogP contribution in [-0.4, -0.2) is 14.2 Å². The monoisotopic (exact) mass is 292 g/mol. The van der Waals surface area contributed by atoms with Gasteiger partial charge in [-0.15, -0.1) is 11.3 Å². The SMILES string of the molecule is COc1ccc(OC)c(C(NN)c2cc(C)c(C)s2)c1. The zero-order valence-electron chi connectivity index (χ0n) is 12.2. The van der Waals surface area contributed by atoms with Gasteiger partial charge in [0.25, 0.3) is 0 Å². The Morgan fingerprint density at radius 1 is 1.15 bits per heavy atom. The Balaban J connectivity index is 2.50. The van der Waals surface area contributed by atoms with E-state index in [-0.39, 0.29) is 6.04 Å². The summed E-state index contributed by atoms with van der Waals surface area (Å²) in [5, 5.41) is 0. The topological polar surface area (TPSA) is 56.5 Å². The molecule has 1 aromatic heterocycles. The van der Waals surface area contributed by atoms with Crippen LogP contribution >= 0.6 is 11.3 Å². The number of hydrogen-bond donors (Lipinski definition) is 2. The lowest BCUT2D eigenvalue weighted by atomic mass is 10.0. The van der Waals surface area contributed by atoms with Crippen LogP contribution in [0.1, 0.15) is 26.9 Å². The van der Waals surface area contributed by atoms with Crippen molar-refractivity contribution >= 4 is 11.3 Å². The van der Waals surface area contributed by atoms with Crippen molar-refractivity contribution in [1.29, 1.82) is 0 Å². The number of rotatable bonds is 5. The first kappa shape index (κ1) is 14.8. The molecule has 5 heteroatoms. The van der Waals surface area contributed by atoms with Crippen molar-refractivity contribution in [2.45, 2.75) is 19.9 Å². The maximum Gasteiger partial charge on any atom is 0.124 e. The van der Waals surface area contributed by atoms with Gasteiger partial charge in [0.2, 0.25) is 0 Å². The number of nitrogens with two attached hydrogens (primary N) is 1. The van der Waals surface area contributed by atoms with Crippen LogP contribution in [0, 0.1) is 13.8 Å². The summed E-state index contributed by atoms with van der Waals surface area (Å²) in [5.41, 5.74) is 5.11. The van der Waals surface area contributed by atoms with Crippen molar-refractivity contribution < 1.29 is 9.47 Å². The minimum atomic E-state index is -0.113. The lowest BCUT2D eigenvalue weighted by Crippen LogP contribution is -2.28. The van der Waals surface area contributed by atoms with E-state index >= 15 is 0 Å². The molecule has 1 unspecified atom stereocenters. The molecule has 2 rings (SSSR count). The van der Waals surface area contributed by atoms with Crippen molar-refractivity contribution in [3.8, 4) is 11.5 Å². The smallest absolute Gasteiger partial charge is 0.124 e. The summed E-state index contributed by atoms with van der Waals surface area (Å²) in [6.07, 6.45) is 0. The standard InChI is InChI=1S/C15H20N2O2S/c1-9-7-14(20-10(9)2)15(17-16)12-8-11(18-3)5-6-13(12)19-4/h5-8,15,17H,16H2,1-4H3. The van der Waals surface area contributed by atoms with Gasteiger partial charge in [0.1, 0.15) is 11.5 Å². The molecule has 0 aliphatic carbocycles. The van der Waals surface area contributed by atoms with Crippen LogP contribution < -0.4 is 20.7 Å². The molecule has 0 radical (unpaired) electrons. The van der Waals surface area contributed by atoms with Gasteiger partial charge in [-0.1, -0.05) is 0 Å². The third kappa shape index (κ3) is 2.80. The van der Waals surface area contributed by atoms with E-state index in [0.717, 1.165) is 21.9 Å². The summed E-state index contributed by atoms with van der Waals surface area (Å²) in [4.78, 5) is 2.45. The van der Waals surface area contributed by atoms with Gasteiger partial charge in [-0.3, -0.25) is 5.84 Å². The maximum absolute atomic E-state index is 5.77. The minimum absolute atomic E-state index is 0.113. The molecule has 4 nitrogen and oxygen atoms in total. The van der Waals surface area contributed by atoms with Crippen molar-refractivity contribution in [3.63, 3.8) is 0 Å². The highest BCUT2D eigenvalue weighted by Gasteiger charge is 2.20. The average molecular weight is 292 g/mol. The average Bonchev–Trinajstić information content (AvgIpc) is 2.79. The van der Waals surface area contributed by atoms with Crippen LogP contribution in [-0.2, 0) is 0 Å². The van der Waals surface area contributed by atoms with E-state index in [4.69, 9.17) is 15.3 Å². The molecule has 0 saturated carbocycles. The minimum Gasteiger partial charge on any atom is -0.497 e. The number of thiophene rings is 1. The Kier molecular flexibility index (Phi) is 4.65. The molecule has 1 aromatic carbocycles. The summed E-state index contributed by atoms with van der Waals surface area (Å²) in [7, 11) is 3.31. The second-order valence-electron chi connectivity index (χ2n) is 4.60. The van der Waals surface area contributed by atoms with Gasteiger partial charge in [0, 0.05) is 15.3 Å². The molecule has 0 fully saturated rings. The van der Waals surface area contributed by atoms with Crippen molar-refractivity contribution in [2.24, 2.45) is 5.84 Å². The molecule has 20 heavy (non-hydrogen) atoms. The second kappa shape index (κ2) is 6.26. The Hall–Kier alpha value is -1.56. The molecule has 0 saturated heterocycles. The fourth-order valence-electron chi connectivity index (χ4n) is 2.13. The van der Waals surface area contributed by atoms with Crippen LogP contribution in [0.5, 0.6) is 11.5 Å². The molecular formula is C15H20N2O2S. The van der Waals surface area contributed by atoms with Crippen LogP contribution in [0.25, 0.3) is 0 Å². The van der Waals surface area contributed by atoms with Crippen molar-refractivity contribution in [1.82, 2.24) is 5.43 Å². The Morgan fingerprint density at radius 3 is 2.40 bits per heavy atom. The van der Waals surface area contributed by atoms with Crippen molar-refractivity contribution in [2.75, 3.05) is 14.2 Å². The number of methoxy groups -OCH3 is 2. The Bertz CT molecular complexity index is 576. The molecule has 0 amide bonds. The van der Waals surface area contributed by atoms with Crippen LogP contribution in [0.15, 0.2) is 24.3 Å². The quantitative estimate of drug-likeness (QED) is 0.657. The second-order valence-corrected chi connectivity index (χ2v) is 5.88. The largest absolute Gasteiger partial charge is 0.497 e. The number of hydrogen-bond acceptors (Lipinski definition) is 5. The number of aryl methyl sites for hydroxylation is 2. The Labute approximate surface area is 123 Å². The number of hydrazine groups is 1. The molecule has 1 atom stereocenters. The fourth-order valence-corrected chi connectivity index (χ4v) is 3.26. The summed E-state index contributed by atoms with van der Waals surface area (Å²) in [6.45, 7) is 4.21. The molecule has 1 heterocycles. The van der Waals surface area contributed by atoms with Gasteiger partial charge >= 0.3 is 0 Å². The summed E-state index contributed by atoms with van der Waals surface area (Å²) >= 11 is 1.74. The lowest BCUT2D eigenvalue weighted by molar-refractivity contribution is 0.394. The molecule has 0 aliphatic rings. The highest BCUT2D eigenvalue weighted by Crippen LogP contribution is 2.36. The third-order valence-electron chi connectivity index (χ3n) is 3.38. The molecule has 2 aromatic rings. The van der Waals surface area contributed by atoms with Crippen LogP contribution in [0.3, 0.4) is 0 Å². The number of nitrogens with one attached hydrogen (secondary N) is 1. The van der Waals surface area contributed by atoms with Crippen LogP contribution in [0.4, 0.5) is 0 Å². The van der Waals surface area contributed by atoms with Gasteiger partial charge in [-0.05, 0) is 43.7 Å². The highest BCUT2D eigenvalue weighted by atomic mass is 32.1. The van der Waals surface area contributed by atoms with E-state index in [0.29, 0.717) is 0 Å². The molecule has 0 aliphatic heterocycles. The zero-order chi connectivity index (χ0) is 14.7. The van der Waals surface area contributed by atoms with Gasteiger partial charge in [-0.2, -0.15) is 0 Å². The first-order valence-corrected chi connectivity index (χ1v) is 7.17.